The molecule has 4 rings (SSSR count). The molecule has 0 aromatic heterocycles. The lowest BCUT2D eigenvalue weighted by molar-refractivity contribution is -0.117. The summed E-state index contributed by atoms with van der Waals surface area (Å²) >= 11 is 31.0. The quantitative estimate of drug-likeness (QED) is 0.220. The summed E-state index contributed by atoms with van der Waals surface area (Å²) in [5.74, 6) is -6.64. The number of halogens is 7. The Morgan fingerprint density at radius 2 is 1.58 bits per heavy atom. The number of benzene rings is 3. The fraction of sp³-hybridized carbons (Fsp3) is 0.160. The number of methoxy groups -OCH3 is 1. The highest BCUT2D eigenvalue weighted by Crippen LogP contribution is 2.65. The lowest BCUT2D eigenvalue weighted by Gasteiger charge is -2.12. The number of amides is 2. The summed E-state index contributed by atoms with van der Waals surface area (Å²) in [6, 6.07) is 10.5. The van der Waals surface area contributed by atoms with Gasteiger partial charge in [-0.15, -0.1) is 23.2 Å². The minimum Gasteiger partial charge on any atom is -0.465 e. The highest BCUT2D eigenvalue weighted by atomic mass is 35.5. The molecule has 1 fully saturated rings. The van der Waals surface area contributed by atoms with Crippen LogP contribution in [0.5, 0.6) is 0 Å². The van der Waals surface area contributed by atoms with Crippen LogP contribution in [0.3, 0.4) is 0 Å². The molecule has 0 aliphatic heterocycles. The van der Waals surface area contributed by atoms with Gasteiger partial charge in [-0.2, -0.15) is 0 Å². The molecule has 0 saturated heterocycles. The van der Waals surface area contributed by atoms with Gasteiger partial charge >= 0.3 is 5.97 Å². The Hall–Kier alpha value is -2.62. The summed E-state index contributed by atoms with van der Waals surface area (Å²) in [5.41, 5.74) is -0.861. The molecule has 2 N–H and O–H groups in total. The molecule has 198 valence electrons. The topological polar surface area (TPSA) is 84.5 Å². The molecule has 3 aromatic carbocycles. The first-order valence-electron chi connectivity index (χ1n) is 10.7. The zero-order chi connectivity index (χ0) is 27.9. The predicted octanol–water partition coefficient (Wildman–Crippen LogP) is 7.49. The number of nitrogens with one attached hydrogen (secondary N) is 2. The van der Waals surface area contributed by atoms with Gasteiger partial charge in [0.1, 0.15) is 15.7 Å². The summed E-state index contributed by atoms with van der Waals surface area (Å²) in [6.45, 7) is 0. The average molecular weight is 623 g/mol. The number of alkyl halides is 2. The second-order valence-electron chi connectivity index (χ2n) is 8.25. The van der Waals surface area contributed by atoms with Gasteiger partial charge in [0.05, 0.1) is 29.3 Å². The maximum absolute atomic E-state index is 14.7. The number of rotatable bonds is 6. The number of carbonyl (C=O) groups excluding carboxylic acids is 3. The maximum Gasteiger partial charge on any atom is 0.343 e. The van der Waals surface area contributed by atoms with E-state index in [4.69, 9.17) is 58.0 Å². The normalized spacial score (nSPS) is 17.5. The van der Waals surface area contributed by atoms with Gasteiger partial charge in [-0.25, -0.2) is 13.6 Å². The molecule has 2 atom stereocenters. The third-order valence-electron chi connectivity index (χ3n) is 5.79. The second-order valence-corrected chi connectivity index (χ2v) is 11.0. The summed E-state index contributed by atoms with van der Waals surface area (Å²) < 4.78 is 31.6. The van der Waals surface area contributed by atoms with Crippen molar-refractivity contribution in [3.63, 3.8) is 0 Å². The van der Waals surface area contributed by atoms with Gasteiger partial charge in [0.15, 0.2) is 5.82 Å². The van der Waals surface area contributed by atoms with Crippen molar-refractivity contribution in [1.29, 1.82) is 0 Å². The van der Waals surface area contributed by atoms with E-state index >= 15 is 0 Å². The van der Waals surface area contributed by atoms with Crippen molar-refractivity contribution in [1.82, 2.24) is 0 Å². The van der Waals surface area contributed by atoms with Crippen LogP contribution in [0.4, 0.5) is 20.2 Å². The SMILES string of the molecule is COC(=O)c1c(F)ccc(NC(=O)c2cc(NC(=O)C3C(c4cc(Cl)cc(Cl)c4)C3(Cl)Cl)ccc2Cl)c1F. The number of ether oxygens (including phenoxy) is 1. The zero-order valence-corrected chi connectivity index (χ0v) is 22.8. The van der Waals surface area contributed by atoms with E-state index in [-0.39, 0.29) is 16.3 Å². The van der Waals surface area contributed by atoms with Crippen LogP contribution in [0, 0.1) is 17.6 Å². The third kappa shape index (κ3) is 5.55. The van der Waals surface area contributed by atoms with E-state index in [2.05, 4.69) is 15.4 Å². The van der Waals surface area contributed by atoms with Crippen LogP contribution in [0.2, 0.25) is 15.1 Å². The maximum atomic E-state index is 14.7. The van der Waals surface area contributed by atoms with E-state index in [1.54, 1.807) is 12.1 Å². The first-order chi connectivity index (χ1) is 17.8. The van der Waals surface area contributed by atoms with Crippen molar-refractivity contribution >= 4 is 87.2 Å². The van der Waals surface area contributed by atoms with Crippen molar-refractivity contribution in [2.24, 2.45) is 5.92 Å². The second kappa shape index (κ2) is 10.9. The average Bonchev–Trinajstić information content (AvgIpc) is 3.43. The van der Waals surface area contributed by atoms with E-state index in [0.29, 0.717) is 15.6 Å². The van der Waals surface area contributed by atoms with Crippen LogP contribution >= 0.6 is 58.0 Å². The Balaban J connectivity index is 1.54. The van der Waals surface area contributed by atoms with E-state index in [1.165, 1.54) is 24.3 Å². The Kier molecular flexibility index (Phi) is 8.12. The van der Waals surface area contributed by atoms with E-state index < -0.39 is 56.8 Å². The van der Waals surface area contributed by atoms with Crippen LogP contribution < -0.4 is 10.6 Å². The van der Waals surface area contributed by atoms with Gasteiger partial charge in [-0.1, -0.05) is 34.8 Å². The van der Waals surface area contributed by atoms with E-state index in [0.717, 1.165) is 19.2 Å². The highest BCUT2D eigenvalue weighted by Gasteiger charge is 2.67. The van der Waals surface area contributed by atoms with Gasteiger partial charge in [0.25, 0.3) is 5.91 Å². The van der Waals surface area contributed by atoms with E-state index in [9.17, 15) is 23.2 Å². The Morgan fingerprint density at radius 1 is 0.921 bits per heavy atom. The fourth-order valence-corrected chi connectivity index (χ4v) is 5.52. The summed E-state index contributed by atoms with van der Waals surface area (Å²) in [7, 11) is 0.957. The van der Waals surface area contributed by atoms with Crippen molar-refractivity contribution in [2.75, 3.05) is 17.7 Å². The molecule has 6 nitrogen and oxygen atoms in total. The Bertz CT molecular complexity index is 1460. The molecule has 1 aliphatic carbocycles. The Labute approximate surface area is 240 Å². The molecular formula is C25H15Cl5F2N2O4. The van der Waals surface area contributed by atoms with Gasteiger partial charge in [-0.3, -0.25) is 9.59 Å². The van der Waals surface area contributed by atoms with Gasteiger partial charge in [-0.05, 0) is 54.1 Å². The number of hydrogen-bond acceptors (Lipinski definition) is 4. The van der Waals surface area contributed by atoms with Gasteiger partial charge in [0.2, 0.25) is 5.91 Å². The molecule has 13 heteroatoms. The van der Waals surface area contributed by atoms with E-state index in [1.807, 2.05) is 0 Å². The van der Waals surface area contributed by atoms with Crippen LogP contribution in [0.15, 0.2) is 48.5 Å². The summed E-state index contributed by atoms with van der Waals surface area (Å²) in [6.07, 6.45) is 0. The summed E-state index contributed by atoms with van der Waals surface area (Å²) in [4.78, 5) is 37.6. The van der Waals surface area contributed by atoms with Crippen molar-refractivity contribution in [3.8, 4) is 0 Å². The van der Waals surface area contributed by atoms with Crippen molar-refractivity contribution < 1.29 is 27.9 Å². The van der Waals surface area contributed by atoms with Gasteiger partial charge in [0, 0.05) is 21.7 Å². The molecule has 3 aromatic rings. The molecule has 38 heavy (non-hydrogen) atoms. The standard InChI is InChI=1S/C25H15Cl5F2N2O4/c1-38-24(37)18-16(31)4-5-17(21(18)32)34-22(35)14-9-13(2-3-15(14)28)33-23(36)20-19(25(20,29)30)10-6-11(26)8-12(27)7-10/h2-9,19-20H,1H3,(H,33,36)(H,34,35). The smallest absolute Gasteiger partial charge is 0.343 e. The first-order valence-corrected chi connectivity index (χ1v) is 12.6. The summed E-state index contributed by atoms with van der Waals surface area (Å²) in [5, 5.41) is 5.54. The van der Waals surface area contributed by atoms with Crippen LogP contribution in [0.1, 0.15) is 32.2 Å². The fourth-order valence-electron chi connectivity index (χ4n) is 3.95. The zero-order valence-electron chi connectivity index (χ0n) is 19.1. The van der Waals surface area contributed by atoms with Crippen LogP contribution in [0.25, 0.3) is 0 Å². The van der Waals surface area contributed by atoms with Crippen LogP contribution in [-0.2, 0) is 9.53 Å². The largest absolute Gasteiger partial charge is 0.465 e. The monoisotopic (exact) mass is 620 g/mol. The first kappa shape index (κ1) is 28.4. The third-order valence-corrected chi connectivity index (χ3v) is 7.49. The lowest BCUT2D eigenvalue weighted by atomic mass is 10.1. The number of anilines is 2. The molecular weight excluding hydrogens is 608 g/mol. The van der Waals surface area contributed by atoms with Crippen molar-refractivity contribution in [2.45, 2.75) is 10.3 Å². The molecule has 1 saturated carbocycles. The molecule has 2 amide bonds. The number of carbonyl (C=O) groups is 3. The lowest BCUT2D eigenvalue weighted by Crippen LogP contribution is -2.19. The molecule has 0 heterocycles. The van der Waals surface area contributed by atoms with Crippen LogP contribution in [-0.4, -0.2) is 29.2 Å². The molecule has 0 radical (unpaired) electrons. The van der Waals surface area contributed by atoms with Gasteiger partial charge < -0.3 is 15.4 Å². The molecule has 0 bridgehead atoms. The number of hydrogen-bond donors (Lipinski definition) is 2. The predicted molar refractivity (Wildman–Crippen MR) is 143 cm³/mol. The number of esters is 1. The molecule has 0 spiro atoms. The minimum absolute atomic E-state index is 0.0295. The van der Waals surface area contributed by atoms with Crippen molar-refractivity contribution in [3.05, 3.63) is 91.9 Å². The Morgan fingerprint density at radius 3 is 2.21 bits per heavy atom. The molecule has 1 aliphatic rings. The highest BCUT2D eigenvalue weighted by molar-refractivity contribution is 6.53. The minimum atomic E-state index is -1.43. The molecule has 2 unspecified atom stereocenters.